The van der Waals surface area contributed by atoms with Gasteiger partial charge in [0, 0.05) is 31.2 Å². The lowest BCUT2D eigenvalue weighted by Gasteiger charge is -2.37. The van der Waals surface area contributed by atoms with E-state index < -0.39 is 5.91 Å². The molecule has 0 radical (unpaired) electrons. The second kappa shape index (κ2) is 10.5. The van der Waals surface area contributed by atoms with Gasteiger partial charge in [0.2, 0.25) is 0 Å². The first-order valence-corrected chi connectivity index (χ1v) is 12.8. The fourth-order valence-corrected chi connectivity index (χ4v) is 5.57. The Kier molecular flexibility index (Phi) is 7.04. The van der Waals surface area contributed by atoms with Crippen LogP contribution < -0.4 is 10.6 Å². The summed E-state index contributed by atoms with van der Waals surface area (Å²) in [6.07, 6.45) is 7.10. The van der Waals surface area contributed by atoms with E-state index in [0.717, 1.165) is 36.0 Å². The number of carbonyl (C=O) groups excluding carboxylic acids is 1. The fraction of sp³-hybridized carbons (Fsp3) is 0.429. The van der Waals surface area contributed by atoms with Crippen molar-refractivity contribution >= 4 is 11.6 Å². The van der Waals surface area contributed by atoms with Crippen LogP contribution in [-0.2, 0) is 19.3 Å². The number of aryl methyl sites for hydroxylation is 2. The number of anilines is 1. The van der Waals surface area contributed by atoms with Crippen molar-refractivity contribution in [1.82, 2.24) is 15.1 Å². The molecule has 0 spiro atoms. The number of phenols is 1. The van der Waals surface area contributed by atoms with E-state index in [1.54, 1.807) is 12.1 Å². The summed E-state index contributed by atoms with van der Waals surface area (Å²) in [5, 5.41) is 16.9. The van der Waals surface area contributed by atoms with E-state index in [0.29, 0.717) is 30.5 Å². The molecular weight excluding hydrogens is 438 g/mol. The highest BCUT2D eigenvalue weighted by Crippen LogP contribution is 2.26. The SMILES string of the molecule is NC(=O)c1c(CCc2ccc(O)cc2)n[nH]c1Cc1ccc(N2CCC(N3CCCC3)CC2)cc1. The van der Waals surface area contributed by atoms with Gasteiger partial charge < -0.3 is 20.6 Å². The third-order valence-corrected chi connectivity index (χ3v) is 7.55. The molecule has 0 saturated carbocycles. The smallest absolute Gasteiger partial charge is 0.252 e. The van der Waals surface area contributed by atoms with Gasteiger partial charge in [0.1, 0.15) is 5.75 Å². The third-order valence-electron chi connectivity index (χ3n) is 7.55. The fourth-order valence-electron chi connectivity index (χ4n) is 5.57. The molecule has 3 aromatic rings. The first-order chi connectivity index (χ1) is 17.1. The molecule has 2 aliphatic heterocycles. The first-order valence-electron chi connectivity index (χ1n) is 12.8. The Labute approximate surface area is 206 Å². The number of nitrogens with two attached hydrogens (primary N) is 1. The molecule has 0 unspecified atom stereocenters. The van der Waals surface area contributed by atoms with Gasteiger partial charge in [-0.2, -0.15) is 5.10 Å². The van der Waals surface area contributed by atoms with Crippen LogP contribution in [0.5, 0.6) is 5.75 Å². The van der Waals surface area contributed by atoms with Crippen LogP contribution in [0.3, 0.4) is 0 Å². The zero-order valence-corrected chi connectivity index (χ0v) is 20.2. The number of hydrogen-bond acceptors (Lipinski definition) is 5. The lowest BCUT2D eigenvalue weighted by atomic mass is 10.00. The van der Waals surface area contributed by atoms with E-state index >= 15 is 0 Å². The Morgan fingerprint density at radius 2 is 1.60 bits per heavy atom. The zero-order chi connectivity index (χ0) is 24.2. The molecule has 4 N–H and O–H groups in total. The van der Waals surface area contributed by atoms with Gasteiger partial charge in [-0.05, 0) is 87.0 Å². The maximum absolute atomic E-state index is 12.3. The number of benzene rings is 2. The number of nitrogens with zero attached hydrogens (tertiary/aromatic N) is 3. The summed E-state index contributed by atoms with van der Waals surface area (Å²) in [6, 6.07) is 16.5. The quantitative estimate of drug-likeness (QED) is 0.464. The Hall–Kier alpha value is -3.32. The summed E-state index contributed by atoms with van der Waals surface area (Å²) >= 11 is 0. The van der Waals surface area contributed by atoms with Gasteiger partial charge in [0.15, 0.2) is 0 Å². The van der Waals surface area contributed by atoms with Crippen molar-refractivity contribution in [2.24, 2.45) is 5.73 Å². The minimum atomic E-state index is -0.452. The number of carbonyl (C=O) groups is 1. The predicted octanol–water partition coefficient (Wildman–Crippen LogP) is 3.65. The van der Waals surface area contributed by atoms with Crippen LogP contribution in [0.4, 0.5) is 5.69 Å². The summed E-state index contributed by atoms with van der Waals surface area (Å²) in [6.45, 7) is 4.77. The molecule has 184 valence electrons. The lowest BCUT2D eigenvalue weighted by molar-refractivity contribution is 0.0998. The molecule has 5 rings (SSSR count). The molecule has 1 aromatic heterocycles. The molecule has 7 nitrogen and oxygen atoms in total. The van der Waals surface area contributed by atoms with Crippen molar-refractivity contribution in [3.8, 4) is 5.75 Å². The molecule has 2 aliphatic rings. The number of likely N-dealkylation sites (tertiary alicyclic amines) is 1. The molecule has 2 aromatic carbocycles. The zero-order valence-electron chi connectivity index (χ0n) is 20.2. The molecule has 2 fully saturated rings. The van der Waals surface area contributed by atoms with Crippen LogP contribution in [-0.4, -0.2) is 58.3 Å². The lowest BCUT2D eigenvalue weighted by Crippen LogP contribution is -2.43. The van der Waals surface area contributed by atoms with Crippen LogP contribution in [0.15, 0.2) is 48.5 Å². The minimum absolute atomic E-state index is 0.242. The number of aromatic hydroxyl groups is 1. The van der Waals surface area contributed by atoms with Crippen molar-refractivity contribution in [2.45, 2.75) is 51.0 Å². The van der Waals surface area contributed by atoms with E-state index in [4.69, 9.17) is 5.73 Å². The van der Waals surface area contributed by atoms with Crippen molar-refractivity contribution in [2.75, 3.05) is 31.1 Å². The summed E-state index contributed by atoms with van der Waals surface area (Å²) in [5.41, 5.74) is 11.2. The van der Waals surface area contributed by atoms with Crippen LogP contribution in [0, 0.1) is 0 Å². The molecule has 7 heteroatoms. The Bertz CT molecular complexity index is 1130. The molecule has 2 saturated heterocycles. The van der Waals surface area contributed by atoms with E-state index in [-0.39, 0.29) is 5.75 Å². The molecule has 3 heterocycles. The summed E-state index contributed by atoms with van der Waals surface area (Å²) in [7, 11) is 0. The Morgan fingerprint density at radius 3 is 2.26 bits per heavy atom. The monoisotopic (exact) mass is 473 g/mol. The summed E-state index contributed by atoms with van der Waals surface area (Å²) < 4.78 is 0. The van der Waals surface area contributed by atoms with Crippen molar-refractivity contribution in [3.05, 3.63) is 76.6 Å². The largest absolute Gasteiger partial charge is 0.508 e. The number of H-pyrrole nitrogens is 1. The maximum atomic E-state index is 12.3. The summed E-state index contributed by atoms with van der Waals surface area (Å²) in [4.78, 5) is 17.4. The molecule has 1 amide bonds. The van der Waals surface area contributed by atoms with Crippen molar-refractivity contribution in [3.63, 3.8) is 0 Å². The number of aromatic amines is 1. The minimum Gasteiger partial charge on any atom is -0.508 e. The van der Waals surface area contributed by atoms with E-state index in [9.17, 15) is 9.90 Å². The number of piperidine rings is 1. The number of nitrogens with one attached hydrogen (secondary N) is 1. The molecule has 0 atom stereocenters. The maximum Gasteiger partial charge on any atom is 0.252 e. The van der Waals surface area contributed by atoms with Gasteiger partial charge in [0.25, 0.3) is 5.91 Å². The van der Waals surface area contributed by atoms with Crippen LogP contribution in [0.1, 0.15) is 58.6 Å². The number of rotatable bonds is 8. The highest BCUT2D eigenvalue weighted by Gasteiger charge is 2.26. The number of hydrogen-bond donors (Lipinski definition) is 3. The number of aromatic nitrogens is 2. The predicted molar refractivity (Wildman–Crippen MR) is 138 cm³/mol. The second-order valence-corrected chi connectivity index (χ2v) is 9.86. The number of phenolic OH excluding ortho intramolecular Hbond substituents is 1. The average molecular weight is 474 g/mol. The third kappa shape index (κ3) is 5.51. The van der Waals surface area contributed by atoms with Gasteiger partial charge in [-0.3, -0.25) is 9.89 Å². The first kappa shape index (κ1) is 23.4. The van der Waals surface area contributed by atoms with Crippen LogP contribution >= 0.6 is 0 Å². The van der Waals surface area contributed by atoms with Crippen LogP contribution in [0.25, 0.3) is 0 Å². The Morgan fingerprint density at radius 1 is 0.943 bits per heavy atom. The van der Waals surface area contributed by atoms with Crippen molar-refractivity contribution in [1.29, 1.82) is 0 Å². The van der Waals surface area contributed by atoms with Gasteiger partial charge in [-0.1, -0.05) is 24.3 Å². The van der Waals surface area contributed by atoms with E-state index in [1.165, 1.54) is 44.5 Å². The van der Waals surface area contributed by atoms with E-state index in [2.05, 4.69) is 44.3 Å². The summed E-state index contributed by atoms with van der Waals surface area (Å²) in [5.74, 6) is -0.210. The van der Waals surface area contributed by atoms with Gasteiger partial charge in [0.05, 0.1) is 17.0 Å². The standard InChI is InChI=1S/C28H35N5O2/c29-28(35)27-25(12-7-20-5-10-24(34)11-6-20)30-31-26(27)19-21-3-8-22(9-4-21)33-17-13-23(14-18-33)32-15-1-2-16-32/h3-6,8-11,23,34H,1-2,7,12-19H2,(H2,29,35)(H,30,31). The molecular formula is C28H35N5O2. The van der Waals surface area contributed by atoms with Gasteiger partial charge in [-0.15, -0.1) is 0 Å². The van der Waals surface area contributed by atoms with Crippen molar-refractivity contribution < 1.29 is 9.90 Å². The number of primary amides is 1. The Balaban J connectivity index is 1.20. The second-order valence-electron chi connectivity index (χ2n) is 9.86. The molecule has 0 aliphatic carbocycles. The molecule has 35 heavy (non-hydrogen) atoms. The van der Waals surface area contributed by atoms with Crippen LogP contribution in [0.2, 0.25) is 0 Å². The van der Waals surface area contributed by atoms with Gasteiger partial charge >= 0.3 is 0 Å². The highest BCUT2D eigenvalue weighted by atomic mass is 16.3. The number of amides is 1. The normalized spacial score (nSPS) is 17.2. The van der Waals surface area contributed by atoms with Gasteiger partial charge in [-0.25, -0.2) is 0 Å². The van der Waals surface area contributed by atoms with E-state index in [1.807, 2.05) is 12.1 Å². The highest BCUT2D eigenvalue weighted by molar-refractivity contribution is 5.95. The average Bonchev–Trinajstić information content (AvgIpc) is 3.55. The molecule has 0 bridgehead atoms. The topological polar surface area (TPSA) is 98.5 Å².